The number of nitrogen functional groups attached to an aromatic ring is 1. The number of hydrogen-bond acceptors (Lipinski definition) is 6. The summed E-state index contributed by atoms with van der Waals surface area (Å²) >= 11 is 0. The maximum atomic E-state index is 11.1. The van der Waals surface area contributed by atoms with Crippen LogP contribution in [0.3, 0.4) is 0 Å². The molecule has 0 aliphatic carbocycles. The van der Waals surface area contributed by atoms with Gasteiger partial charge in [-0.25, -0.2) is 4.98 Å². The topological polar surface area (TPSA) is 84.5 Å². The third-order valence-corrected chi connectivity index (χ3v) is 2.68. The summed E-state index contributed by atoms with van der Waals surface area (Å²) in [6.45, 7) is 0. The zero-order chi connectivity index (χ0) is 13.8. The average molecular weight is 257 g/mol. The Morgan fingerprint density at radius 1 is 1.21 bits per heavy atom. The molecule has 6 nitrogen and oxygen atoms in total. The van der Waals surface area contributed by atoms with Crippen LogP contribution in [-0.2, 0) is 6.42 Å². The van der Waals surface area contributed by atoms with Gasteiger partial charge >= 0.3 is 0 Å². The molecule has 2 rings (SSSR count). The molecule has 98 valence electrons. The van der Waals surface area contributed by atoms with Gasteiger partial charge < -0.3 is 10.6 Å². The third-order valence-electron chi connectivity index (χ3n) is 2.68. The van der Waals surface area contributed by atoms with Gasteiger partial charge in [-0.2, -0.15) is 4.98 Å². The fourth-order valence-electron chi connectivity index (χ4n) is 1.82. The van der Waals surface area contributed by atoms with E-state index in [4.69, 9.17) is 5.73 Å². The highest BCUT2D eigenvalue weighted by atomic mass is 16.3. The van der Waals surface area contributed by atoms with E-state index in [0.29, 0.717) is 17.9 Å². The van der Waals surface area contributed by atoms with Gasteiger partial charge in [0.1, 0.15) is 0 Å². The number of nitrogens with zero attached hydrogens (tertiary/aromatic N) is 4. The Kier molecular flexibility index (Phi) is 3.70. The zero-order valence-corrected chi connectivity index (χ0v) is 10.9. The van der Waals surface area contributed by atoms with E-state index in [1.807, 2.05) is 30.3 Å². The van der Waals surface area contributed by atoms with E-state index in [1.54, 1.807) is 19.0 Å². The predicted octanol–water partition coefficient (Wildman–Crippen LogP) is 2.11. The van der Waals surface area contributed by atoms with E-state index in [2.05, 4.69) is 15.1 Å². The van der Waals surface area contributed by atoms with Crippen LogP contribution in [0.15, 0.2) is 35.5 Å². The molecule has 6 heteroatoms. The first-order valence-electron chi connectivity index (χ1n) is 5.83. The molecule has 2 aromatic rings. The van der Waals surface area contributed by atoms with Crippen LogP contribution in [0, 0.1) is 4.91 Å². The summed E-state index contributed by atoms with van der Waals surface area (Å²) in [6, 6.07) is 9.72. The number of aromatic nitrogens is 2. The van der Waals surface area contributed by atoms with Gasteiger partial charge in [0.05, 0.1) is 5.69 Å². The molecule has 2 N–H and O–H groups in total. The molecule has 0 aliphatic heterocycles. The molecule has 1 heterocycles. The first-order valence-corrected chi connectivity index (χ1v) is 5.83. The second kappa shape index (κ2) is 5.43. The molecule has 1 aromatic heterocycles. The van der Waals surface area contributed by atoms with Crippen molar-refractivity contribution in [2.45, 2.75) is 6.42 Å². The Morgan fingerprint density at radius 3 is 2.47 bits per heavy atom. The highest BCUT2D eigenvalue weighted by Crippen LogP contribution is 2.30. The Balaban J connectivity index is 2.47. The minimum atomic E-state index is 0.141. The van der Waals surface area contributed by atoms with Crippen LogP contribution in [0.5, 0.6) is 0 Å². The van der Waals surface area contributed by atoms with Crippen molar-refractivity contribution in [2.75, 3.05) is 24.7 Å². The van der Waals surface area contributed by atoms with Crippen LogP contribution in [-0.4, -0.2) is 24.1 Å². The summed E-state index contributed by atoms with van der Waals surface area (Å²) < 4.78 is 0. The lowest BCUT2D eigenvalue weighted by atomic mass is 10.1. The van der Waals surface area contributed by atoms with E-state index in [9.17, 15) is 4.91 Å². The van der Waals surface area contributed by atoms with Crippen molar-refractivity contribution in [3.8, 4) is 0 Å². The summed E-state index contributed by atoms with van der Waals surface area (Å²) in [7, 11) is 3.56. The van der Waals surface area contributed by atoms with Crippen molar-refractivity contribution in [3.63, 3.8) is 0 Å². The van der Waals surface area contributed by atoms with Crippen LogP contribution in [0.1, 0.15) is 11.3 Å². The van der Waals surface area contributed by atoms with Crippen molar-refractivity contribution < 1.29 is 0 Å². The molecule has 0 radical (unpaired) electrons. The van der Waals surface area contributed by atoms with Crippen LogP contribution < -0.4 is 10.6 Å². The van der Waals surface area contributed by atoms with Crippen LogP contribution in [0.25, 0.3) is 0 Å². The highest BCUT2D eigenvalue weighted by molar-refractivity contribution is 5.66. The summed E-state index contributed by atoms with van der Waals surface area (Å²) in [5.74, 6) is 0.579. The van der Waals surface area contributed by atoms with E-state index in [-0.39, 0.29) is 11.6 Å². The first-order chi connectivity index (χ1) is 9.11. The normalized spacial score (nSPS) is 10.2. The van der Waals surface area contributed by atoms with Gasteiger partial charge in [0, 0.05) is 20.5 Å². The molecule has 0 saturated carbocycles. The minimum Gasteiger partial charge on any atom is -0.368 e. The maximum Gasteiger partial charge on any atom is 0.222 e. The van der Waals surface area contributed by atoms with Crippen LogP contribution >= 0.6 is 0 Å². The van der Waals surface area contributed by atoms with Crippen LogP contribution in [0.4, 0.5) is 17.5 Å². The molecule has 1 aromatic carbocycles. The zero-order valence-electron chi connectivity index (χ0n) is 10.9. The average Bonchev–Trinajstić information content (AvgIpc) is 2.39. The molecule has 19 heavy (non-hydrogen) atoms. The number of benzene rings is 1. The SMILES string of the molecule is CN(C)c1nc(N)nc(Cc2ccccc2)c1N=O. The molecular weight excluding hydrogens is 242 g/mol. The van der Waals surface area contributed by atoms with E-state index in [1.165, 1.54) is 0 Å². The lowest BCUT2D eigenvalue weighted by Crippen LogP contribution is -2.14. The van der Waals surface area contributed by atoms with Crippen molar-refractivity contribution in [3.05, 3.63) is 46.5 Å². The summed E-state index contributed by atoms with van der Waals surface area (Å²) in [5.41, 5.74) is 7.50. The molecule has 0 atom stereocenters. The number of nitroso groups, excluding NO2 is 1. The lowest BCUT2D eigenvalue weighted by Gasteiger charge is -2.15. The highest BCUT2D eigenvalue weighted by Gasteiger charge is 2.16. The Bertz CT molecular complexity index is 583. The minimum absolute atomic E-state index is 0.141. The lowest BCUT2D eigenvalue weighted by molar-refractivity contribution is 0.989. The first kappa shape index (κ1) is 12.9. The van der Waals surface area contributed by atoms with Gasteiger partial charge in [0.15, 0.2) is 11.5 Å². The fourth-order valence-corrected chi connectivity index (χ4v) is 1.82. The van der Waals surface area contributed by atoms with Gasteiger partial charge in [0.25, 0.3) is 0 Å². The number of nitrogens with two attached hydrogens (primary N) is 1. The molecule has 0 fully saturated rings. The van der Waals surface area contributed by atoms with Gasteiger partial charge in [-0.1, -0.05) is 30.3 Å². The van der Waals surface area contributed by atoms with Gasteiger partial charge in [-0.15, -0.1) is 4.91 Å². The second-order valence-corrected chi connectivity index (χ2v) is 4.35. The number of hydrogen-bond donors (Lipinski definition) is 1. The standard InChI is InChI=1S/C13H15N5O/c1-18(2)12-11(17-19)10(15-13(14)16-12)8-9-6-4-3-5-7-9/h3-7H,8H2,1-2H3,(H2,14,15,16). The van der Waals surface area contributed by atoms with Crippen molar-refractivity contribution in [1.82, 2.24) is 9.97 Å². The quantitative estimate of drug-likeness (QED) is 0.848. The predicted molar refractivity (Wildman–Crippen MR) is 75.5 cm³/mol. The van der Waals surface area contributed by atoms with Crippen molar-refractivity contribution >= 4 is 17.5 Å². The molecule has 0 saturated heterocycles. The Morgan fingerprint density at radius 2 is 1.89 bits per heavy atom. The summed E-state index contributed by atoms with van der Waals surface area (Å²) in [4.78, 5) is 20.9. The van der Waals surface area contributed by atoms with E-state index >= 15 is 0 Å². The monoisotopic (exact) mass is 257 g/mol. The number of rotatable bonds is 4. The molecule has 0 amide bonds. The third kappa shape index (κ3) is 2.85. The summed E-state index contributed by atoms with van der Waals surface area (Å²) in [6.07, 6.45) is 0.496. The summed E-state index contributed by atoms with van der Waals surface area (Å²) in [5, 5.41) is 3.06. The van der Waals surface area contributed by atoms with Crippen molar-refractivity contribution in [2.24, 2.45) is 5.18 Å². The molecule has 0 unspecified atom stereocenters. The van der Waals surface area contributed by atoms with Gasteiger partial charge in [0.2, 0.25) is 5.95 Å². The van der Waals surface area contributed by atoms with Crippen molar-refractivity contribution in [1.29, 1.82) is 0 Å². The molecule has 0 bridgehead atoms. The smallest absolute Gasteiger partial charge is 0.222 e. The molecule has 0 spiro atoms. The van der Waals surface area contributed by atoms with E-state index in [0.717, 1.165) is 5.56 Å². The Hall–Kier alpha value is -2.50. The fraction of sp³-hybridized carbons (Fsp3) is 0.231. The number of anilines is 2. The van der Waals surface area contributed by atoms with Gasteiger partial charge in [-0.3, -0.25) is 0 Å². The molecule has 0 aliphatic rings. The Labute approximate surface area is 111 Å². The maximum absolute atomic E-state index is 11.1. The second-order valence-electron chi connectivity index (χ2n) is 4.35. The largest absolute Gasteiger partial charge is 0.368 e. The van der Waals surface area contributed by atoms with Crippen LogP contribution in [0.2, 0.25) is 0 Å². The van der Waals surface area contributed by atoms with E-state index < -0.39 is 0 Å². The molecular formula is C13H15N5O. The van der Waals surface area contributed by atoms with Gasteiger partial charge in [-0.05, 0) is 10.7 Å².